The lowest BCUT2D eigenvalue weighted by Crippen LogP contribution is -2.23. The first-order valence-electron chi connectivity index (χ1n) is 7.23. The van der Waals surface area contributed by atoms with Crippen molar-refractivity contribution < 1.29 is 13.2 Å². The predicted molar refractivity (Wildman–Crippen MR) is 86.9 cm³/mol. The van der Waals surface area contributed by atoms with Crippen LogP contribution in [0.25, 0.3) is 0 Å². The van der Waals surface area contributed by atoms with E-state index in [0.717, 1.165) is 5.56 Å². The summed E-state index contributed by atoms with van der Waals surface area (Å²) in [4.78, 5) is 0. The summed E-state index contributed by atoms with van der Waals surface area (Å²) in [5, 5.41) is 3.30. The van der Waals surface area contributed by atoms with Gasteiger partial charge in [-0.05, 0) is 31.5 Å². The molecule has 0 fully saturated rings. The fraction of sp³-hybridized carbons (Fsp3) is 0.600. The van der Waals surface area contributed by atoms with Crippen LogP contribution in [0.2, 0.25) is 0 Å². The molecule has 0 bridgehead atoms. The van der Waals surface area contributed by atoms with E-state index >= 15 is 0 Å². The molecular formula is C15H26N2O3S. The summed E-state index contributed by atoms with van der Waals surface area (Å²) >= 11 is 0. The molecular weight excluding hydrogens is 288 g/mol. The SMILES string of the molecule is CC(C)NCc1cccc(NS(=O)(=O)CCOC(C)C)c1. The second kappa shape index (κ2) is 8.36. The quantitative estimate of drug-likeness (QED) is 0.734. The van der Waals surface area contributed by atoms with E-state index in [-0.39, 0.29) is 18.5 Å². The third-order valence-corrected chi connectivity index (χ3v) is 3.97. The lowest BCUT2D eigenvalue weighted by molar-refractivity contribution is 0.0913. The van der Waals surface area contributed by atoms with Crippen LogP contribution in [0.4, 0.5) is 5.69 Å². The zero-order chi connectivity index (χ0) is 15.9. The molecule has 5 nitrogen and oxygen atoms in total. The van der Waals surface area contributed by atoms with Crippen LogP contribution in [0.15, 0.2) is 24.3 Å². The van der Waals surface area contributed by atoms with Gasteiger partial charge in [0.05, 0.1) is 18.5 Å². The van der Waals surface area contributed by atoms with Crippen LogP contribution in [0.1, 0.15) is 33.3 Å². The maximum Gasteiger partial charge on any atom is 0.235 e. The highest BCUT2D eigenvalue weighted by atomic mass is 32.2. The van der Waals surface area contributed by atoms with E-state index in [1.807, 2.05) is 32.0 Å². The maximum atomic E-state index is 12.0. The highest BCUT2D eigenvalue weighted by Gasteiger charge is 2.11. The Morgan fingerprint density at radius 3 is 2.52 bits per heavy atom. The molecule has 0 heterocycles. The van der Waals surface area contributed by atoms with Gasteiger partial charge in [0.2, 0.25) is 10.0 Å². The molecule has 0 unspecified atom stereocenters. The predicted octanol–water partition coefficient (Wildman–Crippen LogP) is 2.35. The second-order valence-electron chi connectivity index (χ2n) is 5.58. The third-order valence-electron chi connectivity index (χ3n) is 2.72. The molecule has 1 rings (SSSR count). The highest BCUT2D eigenvalue weighted by molar-refractivity contribution is 7.92. The molecule has 0 aliphatic rings. The standard InChI is InChI=1S/C15H26N2O3S/c1-12(2)16-11-14-6-5-7-15(10-14)17-21(18,19)9-8-20-13(3)4/h5-7,10,12-13,16-17H,8-9,11H2,1-4H3. The van der Waals surface area contributed by atoms with E-state index in [0.29, 0.717) is 18.3 Å². The summed E-state index contributed by atoms with van der Waals surface area (Å²) in [6, 6.07) is 7.80. The van der Waals surface area contributed by atoms with Gasteiger partial charge in [-0.25, -0.2) is 8.42 Å². The molecule has 120 valence electrons. The first kappa shape index (κ1) is 17.9. The molecule has 0 atom stereocenters. The Morgan fingerprint density at radius 1 is 1.19 bits per heavy atom. The number of benzene rings is 1. The van der Waals surface area contributed by atoms with Gasteiger partial charge >= 0.3 is 0 Å². The van der Waals surface area contributed by atoms with Crippen molar-refractivity contribution in [2.24, 2.45) is 0 Å². The molecule has 0 amide bonds. The van der Waals surface area contributed by atoms with Crippen LogP contribution >= 0.6 is 0 Å². The van der Waals surface area contributed by atoms with Gasteiger partial charge in [-0.3, -0.25) is 4.72 Å². The number of rotatable bonds is 9. The number of anilines is 1. The zero-order valence-corrected chi connectivity index (χ0v) is 14.0. The van der Waals surface area contributed by atoms with Crippen molar-refractivity contribution in [1.82, 2.24) is 5.32 Å². The molecule has 0 spiro atoms. The summed E-state index contributed by atoms with van der Waals surface area (Å²) in [7, 11) is -3.37. The van der Waals surface area contributed by atoms with Crippen LogP contribution in [0.5, 0.6) is 0 Å². The number of sulfonamides is 1. The van der Waals surface area contributed by atoms with Crippen molar-refractivity contribution in [3.63, 3.8) is 0 Å². The molecule has 0 radical (unpaired) electrons. The zero-order valence-electron chi connectivity index (χ0n) is 13.2. The van der Waals surface area contributed by atoms with Gasteiger partial charge in [-0.1, -0.05) is 26.0 Å². The summed E-state index contributed by atoms with van der Waals surface area (Å²) in [5.74, 6) is -0.0420. The van der Waals surface area contributed by atoms with E-state index in [4.69, 9.17) is 4.74 Å². The van der Waals surface area contributed by atoms with E-state index < -0.39 is 10.0 Å². The topological polar surface area (TPSA) is 67.4 Å². The molecule has 0 saturated carbocycles. The molecule has 6 heteroatoms. The van der Waals surface area contributed by atoms with E-state index in [9.17, 15) is 8.42 Å². The molecule has 1 aromatic carbocycles. The van der Waals surface area contributed by atoms with Gasteiger partial charge in [-0.2, -0.15) is 0 Å². The first-order valence-corrected chi connectivity index (χ1v) is 8.88. The third kappa shape index (κ3) is 8.04. The van der Waals surface area contributed by atoms with Crippen LogP contribution in [-0.4, -0.2) is 32.9 Å². The minimum Gasteiger partial charge on any atom is -0.378 e. The normalized spacial score (nSPS) is 12.1. The smallest absolute Gasteiger partial charge is 0.235 e. The summed E-state index contributed by atoms with van der Waals surface area (Å²) in [5.41, 5.74) is 1.63. The number of hydrogen-bond acceptors (Lipinski definition) is 4. The summed E-state index contributed by atoms with van der Waals surface area (Å²) < 4.78 is 31.8. The molecule has 1 aromatic rings. The van der Waals surface area contributed by atoms with Crippen molar-refractivity contribution in [1.29, 1.82) is 0 Å². The fourth-order valence-electron chi connectivity index (χ4n) is 1.69. The van der Waals surface area contributed by atoms with E-state index in [2.05, 4.69) is 23.9 Å². The number of nitrogens with one attached hydrogen (secondary N) is 2. The average Bonchev–Trinajstić information content (AvgIpc) is 2.35. The van der Waals surface area contributed by atoms with Crippen molar-refractivity contribution in [3.8, 4) is 0 Å². The molecule has 2 N–H and O–H groups in total. The fourth-order valence-corrected chi connectivity index (χ4v) is 2.59. The Labute approximate surface area is 128 Å². The average molecular weight is 314 g/mol. The molecule has 0 aliphatic carbocycles. The van der Waals surface area contributed by atoms with Gasteiger partial charge in [0.1, 0.15) is 0 Å². The van der Waals surface area contributed by atoms with Crippen molar-refractivity contribution in [2.45, 2.75) is 46.4 Å². The van der Waals surface area contributed by atoms with Gasteiger partial charge in [0.15, 0.2) is 0 Å². The Morgan fingerprint density at radius 2 is 1.90 bits per heavy atom. The number of ether oxygens (including phenoxy) is 1. The first-order chi connectivity index (χ1) is 9.78. The van der Waals surface area contributed by atoms with Crippen LogP contribution in [0, 0.1) is 0 Å². The molecule has 0 saturated heterocycles. The molecule has 0 aromatic heterocycles. The number of hydrogen-bond donors (Lipinski definition) is 2. The van der Waals surface area contributed by atoms with E-state index in [1.54, 1.807) is 6.07 Å². The largest absolute Gasteiger partial charge is 0.378 e. The lowest BCUT2D eigenvalue weighted by Gasteiger charge is -2.12. The van der Waals surface area contributed by atoms with Crippen molar-refractivity contribution >= 4 is 15.7 Å². The summed E-state index contributed by atoms with van der Waals surface area (Å²) in [6.45, 7) is 8.81. The van der Waals surface area contributed by atoms with Gasteiger partial charge in [-0.15, -0.1) is 0 Å². The van der Waals surface area contributed by atoms with Gasteiger partial charge in [0.25, 0.3) is 0 Å². The molecule has 0 aliphatic heterocycles. The highest BCUT2D eigenvalue weighted by Crippen LogP contribution is 2.12. The van der Waals surface area contributed by atoms with Crippen LogP contribution in [-0.2, 0) is 21.3 Å². The Hall–Kier alpha value is -1.11. The van der Waals surface area contributed by atoms with E-state index in [1.165, 1.54) is 0 Å². The van der Waals surface area contributed by atoms with Crippen LogP contribution < -0.4 is 10.0 Å². The Bertz CT molecular complexity index is 527. The molecule has 21 heavy (non-hydrogen) atoms. The lowest BCUT2D eigenvalue weighted by atomic mass is 10.2. The minimum atomic E-state index is -3.37. The summed E-state index contributed by atoms with van der Waals surface area (Å²) in [6.07, 6.45) is 0.0330. The Kier molecular flexibility index (Phi) is 7.14. The Balaban J connectivity index is 2.58. The monoisotopic (exact) mass is 314 g/mol. The van der Waals surface area contributed by atoms with Gasteiger partial charge < -0.3 is 10.1 Å². The van der Waals surface area contributed by atoms with Gasteiger partial charge in [0, 0.05) is 18.3 Å². The second-order valence-corrected chi connectivity index (χ2v) is 7.42. The van der Waals surface area contributed by atoms with Crippen molar-refractivity contribution in [2.75, 3.05) is 17.1 Å². The maximum absolute atomic E-state index is 12.0. The van der Waals surface area contributed by atoms with Crippen molar-refractivity contribution in [3.05, 3.63) is 29.8 Å². The minimum absolute atomic E-state index is 0.0330. The van der Waals surface area contributed by atoms with Crippen LogP contribution in [0.3, 0.4) is 0 Å².